The molecule has 8 heteroatoms. The van der Waals surface area contributed by atoms with Crippen LogP contribution in [0.4, 0.5) is 4.79 Å². The highest BCUT2D eigenvalue weighted by atomic mass is 32.2. The van der Waals surface area contributed by atoms with E-state index in [-0.39, 0.29) is 11.9 Å². The van der Waals surface area contributed by atoms with Crippen LogP contribution in [0.3, 0.4) is 0 Å². The number of likely N-dealkylation sites (N-methyl/N-ethyl adjacent to an activating group) is 1. The first-order valence-corrected chi connectivity index (χ1v) is 11.4. The van der Waals surface area contributed by atoms with Crippen molar-refractivity contribution in [1.29, 1.82) is 0 Å². The second-order valence-electron chi connectivity index (χ2n) is 7.86. The number of hydrogen-bond donors (Lipinski definition) is 1. The maximum Gasteiger partial charge on any atom is 0.325 e. The molecule has 3 aliphatic rings. The molecular formula is C21H29N5O2S. The zero-order valence-corrected chi connectivity index (χ0v) is 17.7. The van der Waals surface area contributed by atoms with Gasteiger partial charge in [-0.05, 0) is 37.9 Å². The van der Waals surface area contributed by atoms with E-state index in [0.29, 0.717) is 6.54 Å². The number of nitrogens with zero attached hydrogens (tertiary/aromatic N) is 4. The summed E-state index contributed by atoms with van der Waals surface area (Å²) in [7, 11) is 1.71. The lowest BCUT2D eigenvalue weighted by Gasteiger charge is -2.36. The van der Waals surface area contributed by atoms with Crippen molar-refractivity contribution in [2.75, 3.05) is 39.0 Å². The number of imide groups is 1. The number of piperidine rings is 1. The zero-order chi connectivity index (χ0) is 20.2. The minimum atomic E-state index is -0.445. The van der Waals surface area contributed by atoms with Gasteiger partial charge in [0.25, 0.3) is 5.91 Å². The Bertz CT molecular complexity index is 766. The average Bonchev–Trinajstić information content (AvgIpc) is 3.11. The molecular weight excluding hydrogens is 386 g/mol. The standard InChI is InChI=1S/C21H29N5O2S/c1-24-18-17(19(27)23-20(24)28)26(13-10-16-8-4-2-5-9-16)21(22-18)29-15-14-25-11-6-3-7-12-25/h2,4-5,8-9,17-18H,3,6-7,10-15H2,1H3,(H,23,27,28). The third kappa shape index (κ3) is 4.59. The second kappa shape index (κ2) is 9.17. The Morgan fingerprint density at radius 1 is 1.10 bits per heavy atom. The van der Waals surface area contributed by atoms with Gasteiger partial charge in [-0.15, -0.1) is 0 Å². The number of thioether (sulfide) groups is 1. The molecule has 0 aliphatic carbocycles. The Balaban J connectivity index is 1.44. The molecule has 0 aromatic heterocycles. The quantitative estimate of drug-likeness (QED) is 0.770. The number of amides is 3. The number of fused-ring (bicyclic) bond motifs is 1. The van der Waals surface area contributed by atoms with E-state index in [0.717, 1.165) is 23.9 Å². The van der Waals surface area contributed by atoms with Crippen LogP contribution in [-0.4, -0.2) is 83.0 Å². The molecule has 0 spiro atoms. The molecule has 3 aliphatic heterocycles. The van der Waals surface area contributed by atoms with E-state index in [1.54, 1.807) is 23.7 Å². The van der Waals surface area contributed by atoms with Gasteiger partial charge in [0.1, 0.15) is 0 Å². The van der Waals surface area contributed by atoms with Crippen LogP contribution in [0.5, 0.6) is 0 Å². The third-order valence-electron chi connectivity index (χ3n) is 5.89. The van der Waals surface area contributed by atoms with Gasteiger partial charge in [0.05, 0.1) is 0 Å². The summed E-state index contributed by atoms with van der Waals surface area (Å²) >= 11 is 1.71. The lowest BCUT2D eigenvalue weighted by molar-refractivity contribution is -0.127. The predicted octanol–water partition coefficient (Wildman–Crippen LogP) is 2.00. The lowest BCUT2D eigenvalue weighted by Crippen LogP contribution is -2.63. The molecule has 1 aromatic rings. The van der Waals surface area contributed by atoms with Gasteiger partial charge in [0, 0.05) is 25.9 Å². The lowest BCUT2D eigenvalue weighted by atomic mass is 10.1. The first-order valence-electron chi connectivity index (χ1n) is 10.4. The van der Waals surface area contributed by atoms with Gasteiger partial charge in [-0.1, -0.05) is 48.5 Å². The first kappa shape index (κ1) is 20.2. The monoisotopic (exact) mass is 415 g/mol. The normalized spacial score (nSPS) is 25.1. The fourth-order valence-corrected chi connectivity index (χ4v) is 5.28. The van der Waals surface area contributed by atoms with Crippen molar-refractivity contribution in [1.82, 2.24) is 20.0 Å². The van der Waals surface area contributed by atoms with Gasteiger partial charge >= 0.3 is 6.03 Å². The largest absolute Gasteiger partial charge is 0.335 e. The van der Waals surface area contributed by atoms with Gasteiger partial charge in [-0.25, -0.2) is 9.79 Å². The average molecular weight is 416 g/mol. The van der Waals surface area contributed by atoms with Crippen molar-refractivity contribution < 1.29 is 9.59 Å². The van der Waals surface area contributed by atoms with Crippen LogP contribution in [0.15, 0.2) is 35.3 Å². The van der Waals surface area contributed by atoms with Gasteiger partial charge < -0.3 is 14.7 Å². The molecule has 2 unspecified atom stereocenters. The Kier molecular flexibility index (Phi) is 6.40. The highest BCUT2D eigenvalue weighted by molar-refractivity contribution is 8.13. The van der Waals surface area contributed by atoms with Crippen molar-refractivity contribution in [2.45, 2.75) is 37.9 Å². The van der Waals surface area contributed by atoms with Crippen LogP contribution in [0.1, 0.15) is 24.8 Å². The molecule has 1 N–H and O–H groups in total. The molecule has 4 rings (SSSR count). The van der Waals surface area contributed by atoms with Crippen molar-refractivity contribution >= 4 is 28.9 Å². The van der Waals surface area contributed by atoms with Crippen molar-refractivity contribution in [3.63, 3.8) is 0 Å². The highest BCUT2D eigenvalue weighted by Gasteiger charge is 2.48. The number of rotatable bonds is 6. The molecule has 1 aromatic carbocycles. The van der Waals surface area contributed by atoms with Gasteiger partial charge in [0.15, 0.2) is 17.4 Å². The molecule has 156 valence electrons. The molecule has 0 saturated carbocycles. The summed E-state index contributed by atoms with van der Waals surface area (Å²) in [5, 5.41) is 3.35. The van der Waals surface area contributed by atoms with E-state index < -0.39 is 12.2 Å². The van der Waals surface area contributed by atoms with Crippen LogP contribution >= 0.6 is 11.8 Å². The molecule has 3 heterocycles. The number of nitrogens with one attached hydrogen (secondary N) is 1. The summed E-state index contributed by atoms with van der Waals surface area (Å²) in [5.74, 6) is 0.695. The van der Waals surface area contributed by atoms with Crippen LogP contribution in [0.25, 0.3) is 0 Å². The topological polar surface area (TPSA) is 68.2 Å². The van der Waals surface area contributed by atoms with Gasteiger partial charge in [-0.2, -0.15) is 0 Å². The summed E-state index contributed by atoms with van der Waals surface area (Å²) < 4.78 is 0. The number of benzene rings is 1. The summed E-state index contributed by atoms with van der Waals surface area (Å²) in [6.45, 7) is 4.09. The van der Waals surface area contributed by atoms with E-state index >= 15 is 0 Å². The maximum absolute atomic E-state index is 12.6. The zero-order valence-electron chi connectivity index (χ0n) is 16.9. The number of hydrogen-bond acceptors (Lipinski definition) is 6. The number of carbonyl (C=O) groups is 2. The summed E-state index contributed by atoms with van der Waals surface area (Å²) in [4.78, 5) is 35.6. The van der Waals surface area contributed by atoms with E-state index in [1.165, 1.54) is 37.9 Å². The van der Waals surface area contributed by atoms with Crippen LogP contribution in [0.2, 0.25) is 0 Å². The van der Waals surface area contributed by atoms with Crippen LogP contribution in [0, 0.1) is 0 Å². The molecule has 2 saturated heterocycles. The van der Waals surface area contributed by atoms with Gasteiger partial charge in [-0.3, -0.25) is 10.1 Å². The molecule has 7 nitrogen and oxygen atoms in total. The summed E-state index contributed by atoms with van der Waals surface area (Å²) in [6.07, 6.45) is 4.30. The van der Waals surface area contributed by atoms with E-state index in [4.69, 9.17) is 4.99 Å². The Hall–Kier alpha value is -2.06. The smallest absolute Gasteiger partial charge is 0.325 e. The SMILES string of the molecule is CN1C(=O)NC(=O)C2C1N=C(SCCN1CCCCC1)N2CCc1ccccc1. The molecule has 2 fully saturated rings. The number of aliphatic imine (C=N–C) groups is 1. The number of amidine groups is 1. The van der Waals surface area contributed by atoms with E-state index in [9.17, 15) is 9.59 Å². The van der Waals surface area contributed by atoms with Crippen molar-refractivity contribution in [3.8, 4) is 0 Å². The van der Waals surface area contributed by atoms with Crippen molar-refractivity contribution in [2.24, 2.45) is 4.99 Å². The fourth-order valence-electron chi connectivity index (χ4n) is 4.20. The number of urea groups is 1. The van der Waals surface area contributed by atoms with Gasteiger partial charge in [0.2, 0.25) is 0 Å². The molecule has 0 radical (unpaired) electrons. The van der Waals surface area contributed by atoms with Crippen molar-refractivity contribution in [3.05, 3.63) is 35.9 Å². The minimum absolute atomic E-state index is 0.249. The summed E-state index contributed by atoms with van der Waals surface area (Å²) in [6, 6.07) is 9.46. The molecule has 29 heavy (non-hydrogen) atoms. The Labute approximate surface area is 176 Å². The predicted molar refractivity (Wildman–Crippen MR) is 116 cm³/mol. The first-order chi connectivity index (χ1) is 14.1. The van der Waals surface area contributed by atoms with Crippen LogP contribution in [-0.2, 0) is 11.2 Å². The van der Waals surface area contributed by atoms with Crippen LogP contribution < -0.4 is 5.32 Å². The Morgan fingerprint density at radius 3 is 2.62 bits per heavy atom. The highest BCUT2D eigenvalue weighted by Crippen LogP contribution is 2.29. The minimum Gasteiger partial charge on any atom is -0.335 e. The molecule has 0 bridgehead atoms. The fraction of sp³-hybridized carbons (Fsp3) is 0.571. The molecule has 2 atom stereocenters. The molecule has 3 amide bonds. The third-order valence-corrected chi connectivity index (χ3v) is 6.88. The Morgan fingerprint density at radius 2 is 1.86 bits per heavy atom. The maximum atomic E-state index is 12.6. The second-order valence-corrected chi connectivity index (χ2v) is 8.92. The number of likely N-dealkylation sites (tertiary alicyclic amines) is 1. The number of carbonyl (C=O) groups excluding carboxylic acids is 2. The van der Waals surface area contributed by atoms with E-state index in [1.807, 2.05) is 18.2 Å². The summed E-state index contributed by atoms with van der Waals surface area (Å²) in [5.41, 5.74) is 1.23. The van der Waals surface area contributed by atoms with E-state index in [2.05, 4.69) is 27.2 Å².